The molecule has 1 N–H and O–H groups in total. The summed E-state index contributed by atoms with van der Waals surface area (Å²) in [5, 5.41) is 4.03. The summed E-state index contributed by atoms with van der Waals surface area (Å²) in [6.45, 7) is 6.40. The van der Waals surface area contributed by atoms with E-state index in [2.05, 4.69) is 26.1 Å². The molecule has 4 heteroatoms. The maximum Gasteiger partial charge on any atom is 0.124 e. The van der Waals surface area contributed by atoms with Gasteiger partial charge in [0.2, 0.25) is 0 Å². The lowest BCUT2D eigenvalue weighted by Gasteiger charge is -2.29. The van der Waals surface area contributed by atoms with Crippen LogP contribution in [0.15, 0.2) is 18.2 Å². The number of benzene rings is 1. The molecule has 0 aromatic heterocycles. The zero-order valence-corrected chi connectivity index (χ0v) is 11.2. The van der Waals surface area contributed by atoms with Crippen molar-refractivity contribution in [3.8, 4) is 0 Å². The average Bonchev–Trinajstić information content (AvgIpc) is 2.41. The Morgan fingerprint density at radius 1 is 1.38 bits per heavy atom. The van der Waals surface area contributed by atoms with Crippen LogP contribution in [0.2, 0.25) is 5.02 Å². The summed E-state index contributed by atoms with van der Waals surface area (Å²) in [6, 6.07) is 4.59. The van der Waals surface area contributed by atoms with Gasteiger partial charge in [-0.3, -0.25) is 5.32 Å². The van der Waals surface area contributed by atoms with Crippen LogP contribution >= 0.6 is 23.4 Å². The maximum absolute atomic E-state index is 13.0. The van der Waals surface area contributed by atoms with Gasteiger partial charge in [-0.15, -0.1) is 11.8 Å². The molecule has 1 aromatic rings. The third-order valence-electron chi connectivity index (χ3n) is 2.74. The van der Waals surface area contributed by atoms with Crippen molar-refractivity contribution in [1.29, 1.82) is 0 Å². The van der Waals surface area contributed by atoms with E-state index in [1.54, 1.807) is 17.8 Å². The van der Waals surface area contributed by atoms with E-state index in [-0.39, 0.29) is 16.2 Å². The van der Waals surface area contributed by atoms with Crippen molar-refractivity contribution in [2.45, 2.75) is 31.2 Å². The fraction of sp³-hybridized carbons (Fsp3) is 0.500. The average molecular weight is 260 g/mol. The second kappa shape index (κ2) is 3.90. The standard InChI is InChI=1S/C12H15ClFNS/c1-11(2)7-16-12(3,15-11)9-5-4-8(14)6-10(9)13/h4-6,15H,7H2,1-3H3. The lowest BCUT2D eigenvalue weighted by molar-refractivity contribution is 0.387. The van der Waals surface area contributed by atoms with E-state index in [9.17, 15) is 4.39 Å². The number of thioether (sulfide) groups is 1. The van der Waals surface area contributed by atoms with Crippen LogP contribution in [0.25, 0.3) is 0 Å². The molecule has 1 heterocycles. The Labute approximate surface area is 105 Å². The molecule has 1 fully saturated rings. The first-order valence-electron chi connectivity index (χ1n) is 5.21. The van der Waals surface area contributed by atoms with Gasteiger partial charge in [0.1, 0.15) is 5.82 Å². The lowest BCUT2D eigenvalue weighted by atomic mass is 10.0. The minimum Gasteiger partial charge on any atom is -0.293 e. The number of rotatable bonds is 1. The zero-order valence-electron chi connectivity index (χ0n) is 9.60. The molecule has 1 saturated heterocycles. The van der Waals surface area contributed by atoms with Gasteiger partial charge in [-0.2, -0.15) is 0 Å². The maximum atomic E-state index is 13.0. The predicted octanol–water partition coefficient (Wildman–Crippen LogP) is 3.77. The van der Waals surface area contributed by atoms with Gasteiger partial charge < -0.3 is 0 Å². The fourth-order valence-electron chi connectivity index (χ4n) is 2.06. The Kier molecular flexibility index (Phi) is 2.97. The molecule has 1 nitrogen and oxygen atoms in total. The summed E-state index contributed by atoms with van der Waals surface area (Å²) in [7, 11) is 0. The van der Waals surface area contributed by atoms with E-state index in [1.165, 1.54) is 12.1 Å². The van der Waals surface area contributed by atoms with E-state index < -0.39 is 0 Å². The summed E-state index contributed by atoms with van der Waals surface area (Å²) in [5.41, 5.74) is 1.03. The number of nitrogens with one attached hydrogen (secondary N) is 1. The third-order valence-corrected chi connectivity index (χ3v) is 4.82. The Morgan fingerprint density at radius 2 is 2.06 bits per heavy atom. The second-order valence-corrected chi connectivity index (χ2v) is 6.76. The van der Waals surface area contributed by atoms with Crippen LogP contribution in [0.5, 0.6) is 0 Å². The minimum atomic E-state index is -0.292. The van der Waals surface area contributed by atoms with Crippen LogP contribution in [-0.4, -0.2) is 11.3 Å². The van der Waals surface area contributed by atoms with Crippen LogP contribution in [0.3, 0.4) is 0 Å². The first-order chi connectivity index (χ1) is 7.32. The smallest absolute Gasteiger partial charge is 0.124 e. The number of hydrogen-bond donors (Lipinski definition) is 1. The molecule has 1 aliphatic rings. The second-order valence-electron chi connectivity index (χ2n) is 4.95. The van der Waals surface area contributed by atoms with Gasteiger partial charge >= 0.3 is 0 Å². The Balaban J connectivity index is 2.38. The van der Waals surface area contributed by atoms with Crippen LogP contribution in [0.4, 0.5) is 4.39 Å². The molecule has 1 aromatic carbocycles. The highest BCUT2D eigenvalue weighted by Gasteiger charge is 2.41. The van der Waals surface area contributed by atoms with Crippen LogP contribution in [0.1, 0.15) is 26.3 Å². The molecule has 0 spiro atoms. The van der Waals surface area contributed by atoms with Crippen molar-refractivity contribution in [2.24, 2.45) is 0 Å². The van der Waals surface area contributed by atoms with Gasteiger partial charge in [0.25, 0.3) is 0 Å². The molecule has 88 valence electrons. The van der Waals surface area contributed by atoms with Crippen molar-refractivity contribution in [3.05, 3.63) is 34.6 Å². The Morgan fingerprint density at radius 3 is 2.56 bits per heavy atom. The predicted molar refractivity (Wildman–Crippen MR) is 68.4 cm³/mol. The van der Waals surface area contributed by atoms with Gasteiger partial charge in [0.05, 0.1) is 4.87 Å². The van der Waals surface area contributed by atoms with E-state index >= 15 is 0 Å². The monoisotopic (exact) mass is 259 g/mol. The molecule has 1 aliphatic heterocycles. The summed E-state index contributed by atoms with van der Waals surface area (Å²) >= 11 is 7.91. The SMILES string of the molecule is CC1(C)CSC(C)(c2ccc(F)cc2Cl)N1. The van der Waals surface area contributed by atoms with Crippen molar-refractivity contribution >= 4 is 23.4 Å². The molecule has 0 saturated carbocycles. The van der Waals surface area contributed by atoms with Crippen molar-refractivity contribution < 1.29 is 4.39 Å². The quantitative estimate of drug-likeness (QED) is 0.824. The van der Waals surface area contributed by atoms with Gasteiger partial charge in [0.15, 0.2) is 0 Å². The number of hydrogen-bond acceptors (Lipinski definition) is 2. The Hall–Kier alpha value is -0.250. The first-order valence-corrected chi connectivity index (χ1v) is 6.58. The topological polar surface area (TPSA) is 12.0 Å². The highest BCUT2D eigenvalue weighted by molar-refractivity contribution is 8.00. The van der Waals surface area contributed by atoms with E-state index in [0.717, 1.165) is 11.3 Å². The molecular weight excluding hydrogens is 245 g/mol. The number of halogens is 2. The Bertz CT molecular complexity index is 421. The van der Waals surface area contributed by atoms with Crippen LogP contribution in [-0.2, 0) is 4.87 Å². The molecule has 0 radical (unpaired) electrons. The highest BCUT2D eigenvalue weighted by atomic mass is 35.5. The first kappa shape index (κ1) is 12.2. The molecule has 1 atom stereocenters. The lowest BCUT2D eigenvalue weighted by Crippen LogP contribution is -2.43. The summed E-state index contributed by atoms with van der Waals surface area (Å²) in [5.74, 6) is 0.719. The van der Waals surface area contributed by atoms with Crippen molar-refractivity contribution in [1.82, 2.24) is 5.32 Å². The van der Waals surface area contributed by atoms with E-state index in [1.807, 2.05) is 0 Å². The van der Waals surface area contributed by atoms with E-state index in [4.69, 9.17) is 11.6 Å². The molecule has 0 bridgehead atoms. The summed E-state index contributed by atoms with van der Waals surface area (Å²) < 4.78 is 13.0. The molecule has 0 amide bonds. The largest absolute Gasteiger partial charge is 0.293 e. The molecule has 1 unspecified atom stereocenters. The van der Waals surface area contributed by atoms with Gasteiger partial charge in [-0.05, 0) is 32.9 Å². The normalized spacial score (nSPS) is 28.3. The van der Waals surface area contributed by atoms with Gasteiger partial charge in [-0.25, -0.2) is 4.39 Å². The molecule has 0 aliphatic carbocycles. The van der Waals surface area contributed by atoms with Crippen molar-refractivity contribution in [2.75, 3.05) is 5.75 Å². The van der Waals surface area contributed by atoms with Gasteiger partial charge in [0, 0.05) is 21.9 Å². The third kappa shape index (κ3) is 2.22. The van der Waals surface area contributed by atoms with Crippen molar-refractivity contribution in [3.63, 3.8) is 0 Å². The summed E-state index contributed by atoms with van der Waals surface area (Å²) in [6.07, 6.45) is 0. The van der Waals surface area contributed by atoms with E-state index in [0.29, 0.717) is 5.02 Å². The molecule has 16 heavy (non-hydrogen) atoms. The van der Waals surface area contributed by atoms with Gasteiger partial charge in [-0.1, -0.05) is 17.7 Å². The minimum absolute atomic E-state index is 0.0805. The molecule has 2 rings (SSSR count). The van der Waals surface area contributed by atoms with Crippen LogP contribution in [0, 0.1) is 5.82 Å². The summed E-state index contributed by atoms with van der Waals surface area (Å²) in [4.78, 5) is -0.228. The van der Waals surface area contributed by atoms with Crippen LogP contribution < -0.4 is 5.32 Å². The fourth-order valence-corrected chi connectivity index (χ4v) is 3.88. The highest BCUT2D eigenvalue weighted by Crippen LogP contribution is 2.45. The zero-order chi connectivity index (χ0) is 12.0. The molecular formula is C12H15ClFNS.